The molecule has 0 amide bonds. The molecule has 1 heterocycles. The normalized spacial score (nSPS) is 10.2. The Morgan fingerprint density at radius 2 is 2.00 bits per heavy atom. The third-order valence-electron chi connectivity index (χ3n) is 2.30. The number of halogens is 2. The van der Waals surface area contributed by atoms with Gasteiger partial charge in [-0.15, -0.1) is 0 Å². The van der Waals surface area contributed by atoms with Crippen LogP contribution in [0, 0.1) is 11.6 Å². The summed E-state index contributed by atoms with van der Waals surface area (Å²) in [5.41, 5.74) is 0.289. The second kappa shape index (κ2) is 4.82. The lowest BCUT2D eigenvalue weighted by molar-refractivity contribution is 0.0987. The highest BCUT2D eigenvalue weighted by Crippen LogP contribution is 2.12. The molecule has 0 radical (unpaired) electrons. The van der Waals surface area contributed by atoms with Crippen LogP contribution in [0.5, 0.6) is 0 Å². The summed E-state index contributed by atoms with van der Waals surface area (Å²) in [6.07, 6.45) is 1.51. The lowest BCUT2D eigenvalue weighted by Crippen LogP contribution is -2.07. The predicted octanol–water partition coefficient (Wildman–Crippen LogP) is 2.79. The van der Waals surface area contributed by atoms with Gasteiger partial charge >= 0.3 is 0 Å². The van der Waals surface area contributed by atoms with Crippen LogP contribution in [0.15, 0.2) is 42.6 Å². The molecule has 0 aliphatic carbocycles. The van der Waals surface area contributed by atoms with E-state index in [0.717, 1.165) is 18.2 Å². The Morgan fingerprint density at radius 1 is 1.18 bits per heavy atom. The Hall–Kier alpha value is -2.10. The summed E-state index contributed by atoms with van der Waals surface area (Å²) in [6, 6.07) is 7.94. The smallest absolute Gasteiger partial charge is 0.171 e. The van der Waals surface area contributed by atoms with E-state index in [0.29, 0.717) is 5.69 Å². The van der Waals surface area contributed by atoms with Gasteiger partial charge in [-0.1, -0.05) is 6.07 Å². The Bertz CT molecular complexity index is 540. The topological polar surface area (TPSA) is 30.0 Å². The number of carbonyl (C=O) groups is 1. The van der Waals surface area contributed by atoms with E-state index in [-0.39, 0.29) is 12.0 Å². The highest BCUT2D eigenvalue weighted by Gasteiger charge is 2.13. The quantitative estimate of drug-likeness (QED) is 0.763. The van der Waals surface area contributed by atoms with Crippen molar-refractivity contribution in [1.82, 2.24) is 4.98 Å². The first kappa shape index (κ1) is 11.4. The Balaban J connectivity index is 2.23. The molecule has 17 heavy (non-hydrogen) atoms. The summed E-state index contributed by atoms with van der Waals surface area (Å²) in [7, 11) is 0. The van der Waals surface area contributed by atoms with Gasteiger partial charge in [0.2, 0.25) is 0 Å². The first-order valence-corrected chi connectivity index (χ1v) is 5.05. The maximum atomic E-state index is 13.3. The minimum atomic E-state index is -0.715. The molecule has 0 fully saturated rings. The van der Waals surface area contributed by atoms with Crippen molar-refractivity contribution in [2.75, 3.05) is 0 Å². The van der Waals surface area contributed by atoms with Gasteiger partial charge in [-0.3, -0.25) is 9.78 Å². The highest BCUT2D eigenvalue weighted by molar-refractivity contribution is 5.97. The van der Waals surface area contributed by atoms with Gasteiger partial charge in [0.25, 0.3) is 0 Å². The first-order chi connectivity index (χ1) is 8.16. The molecule has 2 aromatic rings. The molecule has 0 unspecified atom stereocenters. The van der Waals surface area contributed by atoms with Crippen LogP contribution in [0.2, 0.25) is 0 Å². The van der Waals surface area contributed by atoms with Crippen LogP contribution >= 0.6 is 0 Å². The van der Waals surface area contributed by atoms with Crippen molar-refractivity contribution in [3.63, 3.8) is 0 Å². The molecule has 0 atom stereocenters. The molecule has 0 aliphatic heterocycles. The standard InChI is InChI=1S/C13H9F2NO/c14-9-4-5-12(15)11(7-9)13(17)8-10-3-1-2-6-16-10/h1-7H,8H2. The van der Waals surface area contributed by atoms with Crippen LogP contribution < -0.4 is 0 Å². The summed E-state index contributed by atoms with van der Waals surface area (Å²) in [5, 5.41) is 0. The fraction of sp³-hybridized carbons (Fsp3) is 0.0769. The van der Waals surface area contributed by atoms with Crippen molar-refractivity contribution in [3.05, 3.63) is 65.5 Å². The van der Waals surface area contributed by atoms with Crippen LogP contribution in [0.1, 0.15) is 16.1 Å². The number of carbonyl (C=O) groups excluding carboxylic acids is 1. The number of rotatable bonds is 3. The van der Waals surface area contributed by atoms with Crippen molar-refractivity contribution >= 4 is 5.78 Å². The Morgan fingerprint density at radius 3 is 2.71 bits per heavy atom. The number of hydrogen-bond donors (Lipinski definition) is 0. The van der Waals surface area contributed by atoms with Crippen molar-refractivity contribution in [2.45, 2.75) is 6.42 Å². The molecule has 86 valence electrons. The van der Waals surface area contributed by atoms with E-state index in [9.17, 15) is 13.6 Å². The molecular weight excluding hydrogens is 224 g/mol. The van der Waals surface area contributed by atoms with E-state index in [2.05, 4.69) is 4.98 Å². The summed E-state index contributed by atoms with van der Waals surface area (Å²) >= 11 is 0. The number of ketones is 1. The average Bonchev–Trinajstić information content (AvgIpc) is 2.33. The van der Waals surface area contributed by atoms with Gasteiger partial charge < -0.3 is 0 Å². The largest absolute Gasteiger partial charge is 0.294 e. The third-order valence-corrected chi connectivity index (χ3v) is 2.30. The third kappa shape index (κ3) is 2.72. The fourth-order valence-electron chi connectivity index (χ4n) is 1.47. The minimum Gasteiger partial charge on any atom is -0.294 e. The van der Waals surface area contributed by atoms with E-state index < -0.39 is 17.4 Å². The summed E-state index contributed by atoms with van der Waals surface area (Å²) in [6.45, 7) is 0. The average molecular weight is 233 g/mol. The first-order valence-electron chi connectivity index (χ1n) is 5.05. The minimum absolute atomic E-state index is 0.0405. The molecule has 2 nitrogen and oxygen atoms in total. The molecule has 0 saturated carbocycles. The molecule has 4 heteroatoms. The summed E-state index contributed by atoms with van der Waals surface area (Å²) in [5.74, 6) is -1.83. The second-order valence-corrected chi connectivity index (χ2v) is 3.55. The zero-order chi connectivity index (χ0) is 12.3. The van der Waals surface area contributed by atoms with Gasteiger partial charge in [0, 0.05) is 11.9 Å². The fourth-order valence-corrected chi connectivity index (χ4v) is 1.47. The van der Waals surface area contributed by atoms with Crippen molar-refractivity contribution in [3.8, 4) is 0 Å². The van der Waals surface area contributed by atoms with Crippen LogP contribution in [0.4, 0.5) is 8.78 Å². The maximum Gasteiger partial charge on any atom is 0.171 e. The van der Waals surface area contributed by atoms with Gasteiger partial charge in [0.15, 0.2) is 5.78 Å². The second-order valence-electron chi connectivity index (χ2n) is 3.55. The zero-order valence-corrected chi connectivity index (χ0v) is 8.86. The number of Topliss-reactive ketones (excluding diaryl/α,β-unsaturated/α-hetero) is 1. The van der Waals surface area contributed by atoms with E-state index in [1.54, 1.807) is 24.4 Å². The van der Waals surface area contributed by atoms with E-state index >= 15 is 0 Å². The van der Waals surface area contributed by atoms with Crippen molar-refractivity contribution in [2.24, 2.45) is 0 Å². The van der Waals surface area contributed by atoms with Gasteiger partial charge in [0.1, 0.15) is 11.6 Å². The highest BCUT2D eigenvalue weighted by atomic mass is 19.1. The molecule has 1 aromatic heterocycles. The predicted molar refractivity (Wildman–Crippen MR) is 58.6 cm³/mol. The molecule has 0 aliphatic rings. The maximum absolute atomic E-state index is 13.3. The monoisotopic (exact) mass is 233 g/mol. The molecule has 0 bridgehead atoms. The number of nitrogens with zero attached hydrogens (tertiary/aromatic N) is 1. The molecule has 0 saturated heterocycles. The summed E-state index contributed by atoms with van der Waals surface area (Å²) < 4.78 is 26.2. The van der Waals surface area contributed by atoms with Gasteiger partial charge in [0.05, 0.1) is 12.0 Å². The molecule has 0 N–H and O–H groups in total. The Labute approximate surface area is 96.9 Å². The van der Waals surface area contributed by atoms with Crippen LogP contribution in [0.25, 0.3) is 0 Å². The number of pyridine rings is 1. The van der Waals surface area contributed by atoms with Crippen molar-refractivity contribution in [1.29, 1.82) is 0 Å². The van der Waals surface area contributed by atoms with E-state index in [4.69, 9.17) is 0 Å². The van der Waals surface area contributed by atoms with Gasteiger partial charge in [-0.05, 0) is 30.3 Å². The van der Waals surface area contributed by atoms with Crippen LogP contribution in [-0.2, 0) is 6.42 Å². The lowest BCUT2D eigenvalue weighted by Gasteiger charge is -2.02. The summed E-state index contributed by atoms with van der Waals surface area (Å²) in [4.78, 5) is 15.7. The lowest BCUT2D eigenvalue weighted by atomic mass is 10.1. The Kier molecular flexibility index (Phi) is 3.23. The number of hydrogen-bond acceptors (Lipinski definition) is 2. The molecule has 2 rings (SSSR count). The molecule has 1 aromatic carbocycles. The van der Waals surface area contributed by atoms with Crippen molar-refractivity contribution < 1.29 is 13.6 Å². The van der Waals surface area contributed by atoms with Gasteiger partial charge in [-0.25, -0.2) is 8.78 Å². The molecule has 0 spiro atoms. The SMILES string of the molecule is O=C(Cc1ccccn1)c1cc(F)ccc1F. The number of benzene rings is 1. The molecular formula is C13H9F2NO. The van der Waals surface area contributed by atoms with Crippen LogP contribution in [0.3, 0.4) is 0 Å². The number of aromatic nitrogens is 1. The van der Waals surface area contributed by atoms with E-state index in [1.165, 1.54) is 0 Å². The van der Waals surface area contributed by atoms with Gasteiger partial charge in [-0.2, -0.15) is 0 Å². The van der Waals surface area contributed by atoms with Crippen LogP contribution in [-0.4, -0.2) is 10.8 Å². The van der Waals surface area contributed by atoms with E-state index in [1.807, 2.05) is 0 Å². The zero-order valence-electron chi connectivity index (χ0n) is 8.86.